The SMILES string of the molecule is CC1NCCC1C(=O)NCC(=O)NC(C)(C)C. The molecule has 2 unspecified atom stereocenters. The van der Waals surface area contributed by atoms with Crippen molar-refractivity contribution >= 4 is 11.8 Å². The molecule has 5 nitrogen and oxygen atoms in total. The lowest BCUT2D eigenvalue weighted by Gasteiger charge is -2.21. The molecular weight excluding hydrogens is 218 g/mol. The Morgan fingerprint density at radius 2 is 2.00 bits per heavy atom. The number of hydrogen-bond donors (Lipinski definition) is 3. The highest BCUT2D eigenvalue weighted by Gasteiger charge is 2.29. The molecule has 98 valence electrons. The molecule has 2 atom stereocenters. The molecule has 0 saturated carbocycles. The summed E-state index contributed by atoms with van der Waals surface area (Å²) in [5, 5.41) is 8.71. The molecular formula is C12H23N3O2. The van der Waals surface area contributed by atoms with Crippen LogP contribution in [-0.2, 0) is 9.59 Å². The summed E-state index contributed by atoms with van der Waals surface area (Å²) in [6.07, 6.45) is 0.841. The molecule has 0 aromatic carbocycles. The van der Waals surface area contributed by atoms with Crippen LogP contribution in [0.4, 0.5) is 0 Å². The lowest BCUT2D eigenvalue weighted by molar-refractivity contribution is -0.129. The molecule has 0 radical (unpaired) electrons. The van der Waals surface area contributed by atoms with Gasteiger partial charge in [0.2, 0.25) is 11.8 Å². The first kappa shape index (κ1) is 14.0. The summed E-state index contributed by atoms with van der Waals surface area (Å²) in [4.78, 5) is 23.3. The molecule has 17 heavy (non-hydrogen) atoms. The Labute approximate surface area is 103 Å². The van der Waals surface area contributed by atoms with Gasteiger partial charge in [-0.1, -0.05) is 0 Å². The molecule has 1 aliphatic heterocycles. The van der Waals surface area contributed by atoms with E-state index in [1.807, 2.05) is 27.7 Å². The summed E-state index contributed by atoms with van der Waals surface area (Å²) in [6, 6.07) is 0.195. The van der Waals surface area contributed by atoms with Crippen molar-refractivity contribution in [2.75, 3.05) is 13.1 Å². The predicted octanol–water partition coefficient (Wildman–Crippen LogP) is 0.0153. The highest BCUT2D eigenvalue weighted by atomic mass is 16.2. The first-order valence-electron chi connectivity index (χ1n) is 6.12. The minimum Gasteiger partial charge on any atom is -0.350 e. The van der Waals surface area contributed by atoms with E-state index in [-0.39, 0.29) is 35.9 Å². The largest absolute Gasteiger partial charge is 0.350 e. The summed E-state index contributed by atoms with van der Waals surface area (Å²) in [6.45, 7) is 8.65. The molecule has 0 bridgehead atoms. The minimum absolute atomic E-state index is 0.0163. The van der Waals surface area contributed by atoms with E-state index < -0.39 is 0 Å². The van der Waals surface area contributed by atoms with Crippen molar-refractivity contribution in [2.24, 2.45) is 5.92 Å². The minimum atomic E-state index is -0.260. The van der Waals surface area contributed by atoms with Crippen molar-refractivity contribution in [3.8, 4) is 0 Å². The van der Waals surface area contributed by atoms with Gasteiger partial charge in [0.05, 0.1) is 12.5 Å². The Kier molecular flexibility index (Phi) is 4.51. The Morgan fingerprint density at radius 1 is 1.35 bits per heavy atom. The molecule has 0 aromatic heterocycles. The Hall–Kier alpha value is -1.10. The van der Waals surface area contributed by atoms with E-state index in [1.165, 1.54) is 0 Å². The van der Waals surface area contributed by atoms with Crippen molar-refractivity contribution in [1.82, 2.24) is 16.0 Å². The summed E-state index contributed by atoms with van der Waals surface area (Å²) in [5.74, 6) is -0.201. The summed E-state index contributed by atoms with van der Waals surface area (Å²) in [7, 11) is 0. The highest BCUT2D eigenvalue weighted by molar-refractivity contribution is 5.86. The lowest BCUT2D eigenvalue weighted by atomic mass is 10.0. The zero-order chi connectivity index (χ0) is 13.1. The Balaban J connectivity index is 2.31. The smallest absolute Gasteiger partial charge is 0.239 e. The van der Waals surface area contributed by atoms with E-state index in [9.17, 15) is 9.59 Å². The number of carbonyl (C=O) groups is 2. The van der Waals surface area contributed by atoms with Gasteiger partial charge in [-0.05, 0) is 40.7 Å². The first-order chi connectivity index (χ1) is 7.79. The average Bonchev–Trinajstić information content (AvgIpc) is 2.58. The second-order valence-corrected chi connectivity index (χ2v) is 5.65. The number of carbonyl (C=O) groups excluding carboxylic acids is 2. The molecule has 0 aliphatic carbocycles. The zero-order valence-corrected chi connectivity index (χ0v) is 11.1. The molecule has 1 aliphatic rings. The van der Waals surface area contributed by atoms with Crippen LogP contribution in [-0.4, -0.2) is 36.5 Å². The normalized spacial score (nSPS) is 24.5. The van der Waals surface area contributed by atoms with Crippen LogP contribution in [0.15, 0.2) is 0 Å². The quantitative estimate of drug-likeness (QED) is 0.652. The van der Waals surface area contributed by atoms with E-state index in [4.69, 9.17) is 0 Å². The molecule has 1 heterocycles. The zero-order valence-electron chi connectivity index (χ0n) is 11.1. The van der Waals surface area contributed by atoms with Gasteiger partial charge in [-0.3, -0.25) is 9.59 Å². The van der Waals surface area contributed by atoms with Crippen molar-refractivity contribution < 1.29 is 9.59 Å². The number of rotatable bonds is 3. The Bertz CT molecular complexity index is 297. The molecule has 1 saturated heterocycles. The van der Waals surface area contributed by atoms with Crippen molar-refractivity contribution in [2.45, 2.75) is 45.7 Å². The molecule has 0 spiro atoms. The number of nitrogens with one attached hydrogen (secondary N) is 3. The number of hydrogen-bond acceptors (Lipinski definition) is 3. The van der Waals surface area contributed by atoms with Crippen LogP contribution in [0.1, 0.15) is 34.1 Å². The summed E-state index contributed by atoms with van der Waals surface area (Å²) in [5.41, 5.74) is -0.260. The van der Waals surface area contributed by atoms with Crippen molar-refractivity contribution in [3.05, 3.63) is 0 Å². The van der Waals surface area contributed by atoms with E-state index in [2.05, 4.69) is 16.0 Å². The molecule has 1 fully saturated rings. The van der Waals surface area contributed by atoms with Crippen molar-refractivity contribution in [1.29, 1.82) is 0 Å². The van der Waals surface area contributed by atoms with Crippen LogP contribution >= 0.6 is 0 Å². The van der Waals surface area contributed by atoms with Gasteiger partial charge in [-0.15, -0.1) is 0 Å². The van der Waals surface area contributed by atoms with Crippen LogP contribution in [0, 0.1) is 5.92 Å². The fraction of sp³-hybridized carbons (Fsp3) is 0.833. The second kappa shape index (κ2) is 5.49. The third-order valence-corrected chi connectivity index (χ3v) is 2.80. The average molecular weight is 241 g/mol. The van der Waals surface area contributed by atoms with Gasteiger partial charge in [0.15, 0.2) is 0 Å². The highest BCUT2D eigenvalue weighted by Crippen LogP contribution is 2.14. The molecule has 0 aromatic rings. The Morgan fingerprint density at radius 3 is 2.47 bits per heavy atom. The van der Waals surface area contributed by atoms with Crippen LogP contribution in [0.3, 0.4) is 0 Å². The molecule has 5 heteroatoms. The maximum atomic E-state index is 11.8. The van der Waals surface area contributed by atoms with Gasteiger partial charge in [0, 0.05) is 11.6 Å². The second-order valence-electron chi connectivity index (χ2n) is 5.65. The predicted molar refractivity (Wildman–Crippen MR) is 66.5 cm³/mol. The van der Waals surface area contributed by atoms with Crippen LogP contribution in [0.5, 0.6) is 0 Å². The van der Waals surface area contributed by atoms with E-state index >= 15 is 0 Å². The molecule has 3 N–H and O–H groups in total. The standard InChI is InChI=1S/C12H23N3O2/c1-8-9(5-6-13-8)11(17)14-7-10(16)15-12(2,3)4/h8-9,13H,5-7H2,1-4H3,(H,14,17)(H,15,16). The van der Waals surface area contributed by atoms with Gasteiger partial charge in [0.25, 0.3) is 0 Å². The van der Waals surface area contributed by atoms with Gasteiger partial charge < -0.3 is 16.0 Å². The van der Waals surface area contributed by atoms with Gasteiger partial charge in [0.1, 0.15) is 0 Å². The third-order valence-electron chi connectivity index (χ3n) is 2.80. The maximum absolute atomic E-state index is 11.8. The number of amides is 2. The van der Waals surface area contributed by atoms with Gasteiger partial charge in [-0.25, -0.2) is 0 Å². The fourth-order valence-electron chi connectivity index (χ4n) is 1.98. The summed E-state index contributed by atoms with van der Waals surface area (Å²) < 4.78 is 0. The van der Waals surface area contributed by atoms with Crippen LogP contribution in [0.2, 0.25) is 0 Å². The third kappa shape index (κ3) is 4.73. The molecule has 1 rings (SSSR count). The van der Waals surface area contributed by atoms with Gasteiger partial charge in [-0.2, -0.15) is 0 Å². The van der Waals surface area contributed by atoms with Crippen LogP contribution in [0.25, 0.3) is 0 Å². The van der Waals surface area contributed by atoms with E-state index in [0.717, 1.165) is 13.0 Å². The first-order valence-corrected chi connectivity index (χ1v) is 6.12. The van der Waals surface area contributed by atoms with Crippen LogP contribution < -0.4 is 16.0 Å². The van der Waals surface area contributed by atoms with E-state index in [1.54, 1.807) is 0 Å². The fourth-order valence-corrected chi connectivity index (χ4v) is 1.98. The van der Waals surface area contributed by atoms with Gasteiger partial charge >= 0.3 is 0 Å². The maximum Gasteiger partial charge on any atom is 0.239 e. The van der Waals surface area contributed by atoms with Crippen molar-refractivity contribution in [3.63, 3.8) is 0 Å². The molecule has 2 amide bonds. The monoisotopic (exact) mass is 241 g/mol. The summed E-state index contributed by atoms with van der Waals surface area (Å²) >= 11 is 0. The topological polar surface area (TPSA) is 70.2 Å². The van der Waals surface area contributed by atoms with E-state index in [0.29, 0.717) is 0 Å². The lowest BCUT2D eigenvalue weighted by Crippen LogP contribution is -2.47.